The second-order valence-electron chi connectivity index (χ2n) is 6.15. The van der Waals surface area contributed by atoms with Gasteiger partial charge in [0.15, 0.2) is 10.9 Å². The van der Waals surface area contributed by atoms with Crippen molar-refractivity contribution in [3.8, 4) is 0 Å². The summed E-state index contributed by atoms with van der Waals surface area (Å²) in [6, 6.07) is 0. The second kappa shape index (κ2) is 5.61. The molecule has 19 heavy (non-hydrogen) atoms. The Bertz CT molecular complexity index is 465. The Morgan fingerprint density at radius 3 is 2.68 bits per heavy atom. The summed E-state index contributed by atoms with van der Waals surface area (Å²) >= 11 is 1.59. The molecule has 0 radical (unpaired) electrons. The first-order chi connectivity index (χ1) is 8.96. The number of nitrogens with zero attached hydrogens (tertiary/aromatic N) is 2. The summed E-state index contributed by atoms with van der Waals surface area (Å²) in [5, 5.41) is 1.03. The number of aromatic nitrogens is 1. The fourth-order valence-electron chi connectivity index (χ4n) is 2.58. The van der Waals surface area contributed by atoms with Gasteiger partial charge >= 0.3 is 0 Å². The van der Waals surface area contributed by atoms with E-state index in [9.17, 15) is 4.79 Å². The van der Waals surface area contributed by atoms with Gasteiger partial charge in [0.25, 0.3) is 0 Å². The highest BCUT2D eigenvalue weighted by Gasteiger charge is 2.34. The molecule has 4 heteroatoms. The molecule has 1 aromatic heterocycles. The fourth-order valence-corrected chi connectivity index (χ4v) is 3.69. The van der Waals surface area contributed by atoms with Crippen LogP contribution in [0.1, 0.15) is 62.3 Å². The zero-order chi connectivity index (χ0) is 14.0. The van der Waals surface area contributed by atoms with Crippen LogP contribution in [0.5, 0.6) is 0 Å². The zero-order valence-corrected chi connectivity index (χ0v) is 13.3. The normalized spacial score (nSPS) is 17.4. The van der Waals surface area contributed by atoms with E-state index in [0.29, 0.717) is 6.42 Å². The first-order valence-electron chi connectivity index (χ1n) is 7.24. The Balaban J connectivity index is 2.24. The molecule has 0 amide bonds. The minimum absolute atomic E-state index is 0.0654. The van der Waals surface area contributed by atoms with Crippen molar-refractivity contribution in [3.63, 3.8) is 0 Å². The van der Waals surface area contributed by atoms with Crippen LogP contribution in [-0.4, -0.2) is 23.9 Å². The lowest BCUT2D eigenvalue weighted by Gasteiger charge is -2.26. The van der Waals surface area contributed by atoms with Gasteiger partial charge in [0.05, 0.1) is 10.6 Å². The summed E-state index contributed by atoms with van der Waals surface area (Å²) < 4.78 is 0. The molecule has 0 unspecified atom stereocenters. The van der Waals surface area contributed by atoms with Crippen molar-refractivity contribution >= 4 is 22.3 Å². The molecule has 0 bridgehead atoms. The number of Topliss-reactive ketones (excluding diaryl/α,β-unsaturated/α-hetero) is 1. The van der Waals surface area contributed by atoms with E-state index in [1.165, 1.54) is 12.8 Å². The topological polar surface area (TPSA) is 33.2 Å². The van der Waals surface area contributed by atoms with Crippen LogP contribution in [0.2, 0.25) is 0 Å². The van der Waals surface area contributed by atoms with Crippen LogP contribution in [0.15, 0.2) is 0 Å². The number of carbonyl (C=O) groups is 1. The van der Waals surface area contributed by atoms with Crippen LogP contribution in [0.25, 0.3) is 0 Å². The number of thiazole rings is 1. The SMILES string of the molecule is CCCCN(CC)c1nc2c(s1)C(=O)CC(C)(C)C2. The summed E-state index contributed by atoms with van der Waals surface area (Å²) in [5.74, 6) is 0.279. The Hall–Kier alpha value is -0.900. The molecule has 1 heterocycles. The number of anilines is 1. The number of hydrogen-bond acceptors (Lipinski definition) is 4. The first-order valence-corrected chi connectivity index (χ1v) is 8.06. The van der Waals surface area contributed by atoms with E-state index in [2.05, 4.69) is 32.6 Å². The van der Waals surface area contributed by atoms with Crippen LogP contribution in [0.4, 0.5) is 5.13 Å². The van der Waals surface area contributed by atoms with Crippen molar-refractivity contribution in [3.05, 3.63) is 10.6 Å². The molecule has 1 aromatic rings. The molecule has 0 atom stereocenters. The summed E-state index contributed by atoms with van der Waals surface area (Å²) in [6.45, 7) is 10.7. The number of rotatable bonds is 5. The molecule has 1 aliphatic rings. The highest BCUT2D eigenvalue weighted by molar-refractivity contribution is 7.17. The Morgan fingerprint density at radius 2 is 2.05 bits per heavy atom. The molecule has 0 fully saturated rings. The lowest BCUT2D eigenvalue weighted by atomic mass is 9.78. The maximum Gasteiger partial charge on any atom is 0.186 e. The van der Waals surface area contributed by atoms with E-state index in [1.807, 2.05) is 0 Å². The van der Waals surface area contributed by atoms with Crippen molar-refractivity contribution in [1.29, 1.82) is 0 Å². The van der Waals surface area contributed by atoms with Crippen LogP contribution in [0.3, 0.4) is 0 Å². The fraction of sp³-hybridized carbons (Fsp3) is 0.733. The van der Waals surface area contributed by atoms with Gasteiger partial charge in [-0.2, -0.15) is 0 Å². The van der Waals surface area contributed by atoms with Gasteiger partial charge in [-0.1, -0.05) is 38.5 Å². The highest BCUT2D eigenvalue weighted by atomic mass is 32.1. The number of ketones is 1. The maximum absolute atomic E-state index is 12.2. The summed E-state index contributed by atoms with van der Waals surface area (Å²) in [4.78, 5) is 20.1. The minimum Gasteiger partial charge on any atom is -0.348 e. The van der Waals surface area contributed by atoms with Crippen LogP contribution < -0.4 is 4.90 Å². The van der Waals surface area contributed by atoms with Crippen LogP contribution in [-0.2, 0) is 6.42 Å². The van der Waals surface area contributed by atoms with E-state index in [0.717, 1.165) is 35.2 Å². The van der Waals surface area contributed by atoms with Gasteiger partial charge in [0.2, 0.25) is 0 Å². The molecule has 0 N–H and O–H groups in total. The highest BCUT2D eigenvalue weighted by Crippen LogP contribution is 2.39. The van der Waals surface area contributed by atoms with Crippen LogP contribution in [0, 0.1) is 5.41 Å². The smallest absolute Gasteiger partial charge is 0.186 e. The molecular weight excluding hydrogens is 256 g/mol. The van der Waals surface area contributed by atoms with E-state index in [1.54, 1.807) is 11.3 Å². The summed E-state index contributed by atoms with van der Waals surface area (Å²) in [7, 11) is 0. The summed E-state index contributed by atoms with van der Waals surface area (Å²) in [5.41, 5.74) is 1.09. The zero-order valence-electron chi connectivity index (χ0n) is 12.5. The molecular formula is C15H24N2OS. The quantitative estimate of drug-likeness (QED) is 0.819. The largest absolute Gasteiger partial charge is 0.348 e. The van der Waals surface area contributed by atoms with Gasteiger partial charge in [0, 0.05) is 19.5 Å². The molecule has 0 saturated carbocycles. The van der Waals surface area contributed by atoms with E-state index in [4.69, 9.17) is 4.98 Å². The Labute approximate surface area is 120 Å². The van der Waals surface area contributed by atoms with Gasteiger partial charge in [0.1, 0.15) is 0 Å². The van der Waals surface area contributed by atoms with Crippen molar-refractivity contribution < 1.29 is 4.79 Å². The standard InChI is InChI=1S/C15H24N2OS/c1-5-7-8-17(6-2)14-16-11-9-15(3,4)10-12(18)13(11)19-14/h5-10H2,1-4H3. The maximum atomic E-state index is 12.2. The van der Waals surface area contributed by atoms with Crippen molar-refractivity contribution in [2.45, 2.75) is 53.4 Å². The van der Waals surface area contributed by atoms with Crippen molar-refractivity contribution in [1.82, 2.24) is 4.98 Å². The molecule has 0 aromatic carbocycles. The molecule has 106 valence electrons. The third-order valence-corrected chi connectivity index (χ3v) is 4.86. The monoisotopic (exact) mass is 280 g/mol. The molecule has 2 rings (SSSR count). The Kier molecular flexibility index (Phi) is 4.29. The third kappa shape index (κ3) is 3.16. The predicted octanol–water partition coefficient (Wildman–Crippen LogP) is 3.92. The van der Waals surface area contributed by atoms with E-state index < -0.39 is 0 Å². The number of fused-ring (bicyclic) bond motifs is 1. The lowest BCUT2D eigenvalue weighted by Crippen LogP contribution is -2.26. The average Bonchev–Trinajstić information content (AvgIpc) is 2.72. The van der Waals surface area contributed by atoms with Crippen molar-refractivity contribution in [2.24, 2.45) is 5.41 Å². The first kappa shape index (κ1) is 14.5. The van der Waals surface area contributed by atoms with Gasteiger partial charge in [-0.25, -0.2) is 4.98 Å². The molecule has 0 saturated heterocycles. The lowest BCUT2D eigenvalue weighted by molar-refractivity contribution is 0.0916. The van der Waals surface area contributed by atoms with Gasteiger partial charge < -0.3 is 4.90 Å². The molecule has 1 aliphatic carbocycles. The second-order valence-corrected chi connectivity index (χ2v) is 7.12. The number of carbonyl (C=O) groups excluding carboxylic acids is 1. The Morgan fingerprint density at radius 1 is 1.32 bits per heavy atom. The van der Waals surface area contributed by atoms with E-state index >= 15 is 0 Å². The van der Waals surface area contributed by atoms with E-state index in [-0.39, 0.29) is 11.2 Å². The predicted molar refractivity (Wildman–Crippen MR) is 81.3 cm³/mol. The van der Waals surface area contributed by atoms with Crippen LogP contribution >= 0.6 is 11.3 Å². The number of unbranched alkanes of at least 4 members (excludes halogenated alkanes) is 1. The third-order valence-electron chi connectivity index (χ3n) is 3.66. The van der Waals surface area contributed by atoms with Crippen molar-refractivity contribution in [2.75, 3.05) is 18.0 Å². The molecule has 3 nitrogen and oxygen atoms in total. The van der Waals surface area contributed by atoms with Gasteiger partial charge in [-0.3, -0.25) is 4.79 Å². The minimum atomic E-state index is 0.0654. The van der Waals surface area contributed by atoms with Gasteiger partial charge in [-0.05, 0) is 25.2 Å². The average molecular weight is 280 g/mol. The molecule has 0 aliphatic heterocycles. The summed E-state index contributed by atoms with van der Waals surface area (Å²) in [6.07, 6.45) is 3.95. The number of hydrogen-bond donors (Lipinski definition) is 0. The molecule has 0 spiro atoms. The van der Waals surface area contributed by atoms with Gasteiger partial charge in [-0.15, -0.1) is 0 Å².